The highest BCUT2D eigenvalue weighted by Gasteiger charge is 2.35. The highest BCUT2D eigenvalue weighted by Crippen LogP contribution is 2.37. The van der Waals surface area contributed by atoms with Crippen molar-refractivity contribution in [3.8, 4) is 0 Å². The van der Waals surface area contributed by atoms with Gasteiger partial charge in [0.15, 0.2) is 0 Å². The first kappa shape index (κ1) is 14.0. The van der Waals surface area contributed by atoms with E-state index in [0.717, 1.165) is 16.5 Å². The van der Waals surface area contributed by atoms with Crippen molar-refractivity contribution in [2.24, 2.45) is 5.84 Å². The van der Waals surface area contributed by atoms with Crippen LogP contribution in [0.3, 0.4) is 0 Å². The van der Waals surface area contributed by atoms with Gasteiger partial charge in [-0.3, -0.25) is 5.84 Å². The summed E-state index contributed by atoms with van der Waals surface area (Å²) in [6, 6.07) is 6.60. The summed E-state index contributed by atoms with van der Waals surface area (Å²) in [5.41, 5.74) is 2.72. The summed E-state index contributed by atoms with van der Waals surface area (Å²) in [5.74, 6) is 5.46. The Morgan fingerprint density at radius 2 is 1.84 bits per heavy atom. The monoisotopic (exact) mass is 286 g/mol. The third kappa shape index (κ3) is 2.80. The zero-order chi connectivity index (χ0) is 14.0. The molecular formula is C13H13F3N2S. The molecule has 0 aliphatic heterocycles. The fourth-order valence-electron chi connectivity index (χ4n) is 2.05. The zero-order valence-electron chi connectivity index (χ0n) is 10.2. The van der Waals surface area contributed by atoms with Gasteiger partial charge in [0.05, 0.1) is 11.6 Å². The molecule has 19 heavy (non-hydrogen) atoms. The van der Waals surface area contributed by atoms with Crippen LogP contribution in [0.1, 0.15) is 27.6 Å². The SMILES string of the molecule is Cc1sccc1C(NN)c1ccccc1C(F)(F)F. The molecule has 6 heteroatoms. The van der Waals surface area contributed by atoms with Gasteiger partial charge in [-0.1, -0.05) is 18.2 Å². The molecule has 3 N–H and O–H groups in total. The summed E-state index contributed by atoms with van der Waals surface area (Å²) in [6.45, 7) is 1.86. The lowest BCUT2D eigenvalue weighted by molar-refractivity contribution is -0.138. The van der Waals surface area contributed by atoms with Gasteiger partial charge in [0, 0.05) is 4.88 Å². The van der Waals surface area contributed by atoms with Crippen LogP contribution in [0.2, 0.25) is 0 Å². The fraction of sp³-hybridized carbons (Fsp3) is 0.231. The average Bonchev–Trinajstić information content (AvgIpc) is 2.76. The van der Waals surface area contributed by atoms with E-state index in [0.29, 0.717) is 0 Å². The van der Waals surface area contributed by atoms with Gasteiger partial charge in [-0.2, -0.15) is 13.2 Å². The number of hydrogen-bond acceptors (Lipinski definition) is 3. The van der Waals surface area contributed by atoms with Gasteiger partial charge in [0.25, 0.3) is 0 Å². The van der Waals surface area contributed by atoms with Crippen LogP contribution in [0, 0.1) is 6.92 Å². The van der Waals surface area contributed by atoms with Gasteiger partial charge in [-0.25, -0.2) is 5.43 Å². The van der Waals surface area contributed by atoms with E-state index in [2.05, 4.69) is 5.43 Å². The number of hydrazine groups is 1. The fourth-order valence-corrected chi connectivity index (χ4v) is 2.79. The molecule has 1 unspecified atom stereocenters. The summed E-state index contributed by atoms with van der Waals surface area (Å²) in [6.07, 6.45) is -4.39. The van der Waals surface area contributed by atoms with Crippen molar-refractivity contribution in [1.29, 1.82) is 0 Å². The maximum atomic E-state index is 13.0. The second kappa shape index (κ2) is 5.32. The lowest BCUT2D eigenvalue weighted by atomic mass is 9.95. The van der Waals surface area contributed by atoms with Gasteiger partial charge in [0.1, 0.15) is 0 Å². The van der Waals surface area contributed by atoms with Crippen LogP contribution in [0.25, 0.3) is 0 Å². The largest absolute Gasteiger partial charge is 0.416 e. The number of hydrogen-bond donors (Lipinski definition) is 2. The highest BCUT2D eigenvalue weighted by atomic mass is 32.1. The second-order valence-corrected chi connectivity index (χ2v) is 5.24. The average molecular weight is 286 g/mol. The maximum absolute atomic E-state index is 13.0. The van der Waals surface area contributed by atoms with Gasteiger partial charge in [0.2, 0.25) is 0 Å². The van der Waals surface area contributed by atoms with Gasteiger partial charge < -0.3 is 0 Å². The molecule has 1 aromatic carbocycles. The Bertz CT molecular complexity index is 563. The number of thiophene rings is 1. The van der Waals surface area contributed by atoms with Crippen molar-refractivity contribution in [3.05, 3.63) is 57.3 Å². The van der Waals surface area contributed by atoms with E-state index in [1.54, 1.807) is 12.1 Å². The molecule has 0 bridgehead atoms. The smallest absolute Gasteiger partial charge is 0.271 e. The summed E-state index contributed by atoms with van der Waals surface area (Å²) in [7, 11) is 0. The van der Waals surface area contributed by atoms with Crippen molar-refractivity contribution in [1.82, 2.24) is 5.43 Å². The van der Waals surface area contributed by atoms with Crippen molar-refractivity contribution >= 4 is 11.3 Å². The first-order valence-electron chi connectivity index (χ1n) is 5.61. The topological polar surface area (TPSA) is 38.0 Å². The lowest BCUT2D eigenvalue weighted by Gasteiger charge is -2.21. The van der Waals surface area contributed by atoms with E-state index in [1.165, 1.54) is 23.5 Å². The molecule has 1 atom stereocenters. The highest BCUT2D eigenvalue weighted by molar-refractivity contribution is 7.10. The number of halogens is 3. The molecule has 1 heterocycles. The molecule has 2 nitrogen and oxygen atoms in total. The molecule has 0 spiro atoms. The molecule has 1 aromatic heterocycles. The number of aryl methyl sites for hydroxylation is 1. The van der Waals surface area contributed by atoms with E-state index >= 15 is 0 Å². The molecule has 2 rings (SSSR count). The van der Waals surface area contributed by atoms with Crippen molar-refractivity contribution in [3.63, 3.8) is 0 Å². The molecule has 102 valence electrons. The minimum Gasteiger partial charge on any atom is -0.271 e. The molecule has 0 amide bonds. The van der Waals surface area contributed by atoms with Gasteiger partial charge in [-0.05, 0) is 35.6 Å². The van der Waals surface area contributed by atoms with E-state index < -0.39 is 17.8 Å². The first-order valence-corrected chi connectivity index (χ1v) is 6.49. The van der Waals surface area contributed by atoms with Crippen LogP contribution in [0.5, 0.6) is 0 Å². The maximum Gasteiger partial charge on any atom is 0.416 e. The summed E-state index contributed by atoms with van der Waals surface area (Å²) in [4.78, 5) is 0.944. The Morgan fingerprint density at radius 1 is 1.16 bits per heavy atom. The Kier molecular flexibility index (Phi) is 3.93. The number of rotatable bonds is 3. The third-order valence-electron chi connectivity index (χ3n) is 2.95. The molecule has 0 saturated heterocycles. The van der Waals surface area contributed by atoms with Crippen LogP contribution < -0.4 is 11.3 Å². The van der Waals surface area contributed by atoms with Crippen LogP contribution in [-0.2, 0) is 6.18 Å². The predicted octanol–water partition coefficient (Wildman–Crippen LogP) is 3.63. The molecule has 2 aromatic rings. The van der Waals surface area contributed by atoms with Crippen LogP contribution >= 0.6 is 11.3 Å². The van der Waals surface area contributed by atoms with Crippen molar-refractivity contribution in [2.75, 3.05) is 0 Å². The van der Waals surface area contributed by atoms with E-state index in [-0.39, 0.29) is 5.56 Å². The number of alkyl halides is 3. The van der Waals surface area contributed by atoms with Gasteiger partial charge in [-0.15, -0.1) is 11.3 Å². The van der Waals surface area contributed by atoms with E-state index in [4.69, 9.17) is 5.84 Å². The Hall–Kier alpha value is -1.37. The molecular weight excluding hydrogens is 273 g/mol. The minimum atomic E-state index is -4.39. The summed E-state index contributed by atoms with van der Waals surface area (Å²) < 4.78 is 39.1. The molecule has 0 radical (unpaired) electrons. The predicted molar refractivity (Wildman–Crippen MR) is 69.7 cm³/mol. The number of benzene rings is 1. The quantitative estimate of drug-likeness (QED) is 0.668. The Morgan fingerprint density at radius 3 is 2.37 bits per heavy atom. The van der Waals surface area contributed by atoms with Gasteiger partial charge >= 0.3 is 6.18 Å². The van der Waals surface area contributed by atoms with Crippen LogP contribution in [0.4, 0.5) is 13.2 Å². The van der Waals surface area contributed by atoms with Crippen LogP contribution in [0.15, 0.2) is 35.7 Å². The molecule has 0 saturated carbocycles. The summed E-state index contributed by atoms with van der Waals surface area (Å²) >= 11 is 1.48. The number of nitrogens with one attached hydrogen (secondary N) is 1. The summed E-state index contributed by atoms with van der Waals surface area (Å²) in [5, 5.41) is 1.84. The molecule has 0 fully saturated rings. The second-order valence-electron chi connectivity index (χ2n) is 4.12. The normalized spacial score (nSPS) is 13.5. The Labute approximate surface area is 113 Å². The molecule has 0 aliphatic rings. The third-order valence-corrected chi connectivity index (χ3v) is 3.82. The standard InChI is InChI=1S/C13H13F3N2S/c1-8-9(6-7-19-8)12(18-17)10-4-2-3-5-11(10)13(14,15)16/h2-7,12,18H,17H2,1H3. The lowest BCUT2D eigenvalue weighted by Crippen LogP contribution is -2.30. The first-order chi connectivity index (χ1) is 8.95. The van der Waals surface area contributed by atoms with Crippen LogP contribution in [-0.4, -0.2) is 0 Å². The zero-order valence-corrected chi connectivity index (χ0v) is 11.0. The number of nitrogens with two attached hydrogens (primary N) is 1. The van der Waals surface area contributed by atoms with E-state index in [1.807, 2.05) is 12.3 Å². The minimum absolute atomic E-state index is 0.138. The van der Waals surface area contributed by atoms with Crippen molar-refractivity contribution < 1.29 is 13.2 Å². The van der Waals surface area contributed by atoms with E-state index in [9.17, 15) is 13.2 Å². The molecule has 0 aliphatic carbocycles. The van der Waals surface area contributed by atoms with Crippen molar-refractivity contribution in [2.45, 2.75) is 19.1 Å². The Balaban J connectivity index is 2.54.